The van der Waals surface area contributed by atoms with E-state index in [-0.39, 0.29) is 61.3 Å². The van der Waals surface area contributed by atoms with E-state index in [1.165, 1.54) is 23.4 Å². The third-order valence-corrected chi connectivity index (χ3v) is 15.8. The smallest absolute Gasteiger partial charge is 0.243 e. The van der Waals surface area contributed by atoms with Gasteiger partial charge in [0, 0.05) is 56.7 Å². The maximum Gasteiger partial charge on any atom is 0.243 e. The van der Waals surface area contributed by atoms with Gasteiger partial charge in [-0.05, 0) is 128 Å². The fourth-order valence-electron chi connectivity index (χ4n) is 10.8. The molecule has 13 nitrogen and oxygen atoms in total. The lowest BCUT2D eigenvalue weighted by molar-refractivity contribution is -0.251. The molecule has 368 valence electrons. The van der Waals surface area contributed by atoms with Gasteiger partial charge in [-0.2, -0.15) is 4.31 Å². The molecular weight excluding hydrogens is 895 g/mol. The van der Waals surface area contributed by atoms with Crippen LogP contribution in [-0.4, -0.2) is 85.6 Å². The van der Waals surface area contributed by atoms with Crippen LogP contribution in [0.5, 0.6) is 17.2 Å². The largest absolute Gasteiger partial charge is 0.460 e. The summed E-state index contributed by atoms with van der Waals surface area (Å²) in [6.07, 6.45) is 10.8. The number of hydrogen-bond acceptors (Lipinski definition) is 11. The monoisotopic (exact) mass is 961 g/mol. The van der Waals surface area contributed by atoms with Crippen molar-refractivity contribution < 1.29 is 47.2 Å². The third-order valence-electron chi connectivity index (χ3n) is 13.8. The normalized spacial score (nSPS) is 24.7. The average molecular weight is 962 g/mol. The fourth-order valence-corrected chi connectivity index (χ4v) is 12.5. The summed E-state index contributed by atoms with van der Waals surface area (Å²) in [7, 11) is -4.28. The predicted octanol–water partition coefficient (Wildman–Crippen LogP) is 10.4. The van der Waals surface area contributed by atoms with Gasteiger partial charge in [0.1, 0.15) is 17.2 Å². The molecule has 1 saturated heterocycles. The standard InChI is InChI=1S/C55H67N3O10S/c1-4-30-58(69(62,63)45-27-22-42(23-28-45)56-38(3)61)51-37-49(57-68-52-19-11-14-34-64-52)47-35-41(17-9-12-31-59)46(18-10-13-32-60)53-48-36-44(26-29-50(48)67-55(51,54(47)53)65-33-5-2)66-43-24-20-40(21-25-43)39-15-7-6-8-16-39/h5-8,15-16,20-29,35-36,41,46,51-54,59-60H,2,4,9-14,17-19,30-34,37H2,1,3H3,(H,56,61). The first-order valence-corrected chi connectivity index (χ1v) is 26.1. The highest BCUT2D eigenvalue weighted by atomic mass is 32.2. The zero-order chi connectivity index (χ0) is 48.4. The molecule has 4 aromatic rings. The Morgan fingerprint density at radius 3 is 2.33 bits per heavy atom. The first-order chi connectivity index (χ1) is 33.6. The Balaban J connectivity index is 1.31. The van der Waals surface area contributed by atoms with Gasteiger partial charge in [-0.15, -0.1) is 6.58 Å². The average Bonchev–Trinajstić information content (AvgIpc) is 3.36. The van der Waals surface area contributed by atoms with Crippen LogP contribution in [0.1, 0.15) is 96.0 Å². The van der Waals surface area contributed by atoms with Crippen LogP contribution >= 0.6 is 0 Å². The van der Waals surface area contributed by atoms with Gasteiger partial charge in [-0.1, -0.05) is 79.5 Å². The molecule has 3 N–H and O–H groups in total. The first-order valence-electron chi connectivity index (χ1n) is 24.7. The fraction of sp³-hybridized carbons (Fsp3) is 0.455. The summed E-state index contributed by atoms with van der Waals surface area (Å²) in [4.78, 5) is 18.2. The summed E-state index contributed by atoms with van der Waals surface area (Å²) < 4.78 is 59.4. The van der Waals surface area contributed by atoms with Crippen molar-refractivity contribution in [1.82, 2.24) is 4.31 Å². The number of anilines is 1. The van der Waals surface area contributed by atoms with E-state index >= 15 is 8.42 Å². The molecule has 14 heteroatoms. The van der Waals surface area contributed by atoms with Crippen molar-refractivity contribution in [1.29, 1.82) is 0 Å². The zero-order valence-electron chi connectivity index (χ0n) is 39.8. The van der Waals surface area contributed by atoms with Crippen LogP contribution in [0.4, 0.5) is 5.69 Å². The molecule has 8 rings (SSSR count). The first kappa shape index (κ1) is 50.1. The van der Waals surface area contributed by atoms with Gasteiger partial charge >= 0.3 is 0 Å². The number of aliphatic hydroxyl groups is 2. The quantitative estimate of drug-likeness (QED) is 0.0392. The number of nitrogens with zero attached hydrogens (tertiary/aromatic N) is 2. The number of aliphatic hydroxyl groups excluding tert-OH is 2. The van der Waals surface area contributed by atoms with Crippen molar-refractivity contribution >= 4 is 27.3 Å². The minimum Gasteiger partial charge on any atom is -0.460 e. The van der Waals surface area contributed by atoms with Crippen molar-refractivity contribution in [3.8, 4) is 28.4 Å². The molecule has 7 atom stereocenters. The number of ether oxygens (including phenoxy) is 4. The van der Waals surface area contributed by atoms with Gasteiger partial charge in [-0.3, -0.25) is 4.79 Å². The molecule has 1 amide bonds. The van der Waals surface area contributed by atoms with Crippen LogP contribution < -0.4 is 14.8 Å². The van der Waals surface area contributed by atoms with Crippen LogP contribution in [0.25, 0.3) is 11.1 Å². The summed E-state index contributed by atoms with van der Waals surface area (Å²) in [5.74, 6) is -0.974. The van der Waals surface area contributed by atoms with Crippen LogP contribution in [-0.2, 0) is 29.1 Å². The molecule has 0 aromatic heterocycles. The van der Waals surface area contributed by atoms with Gasteiger partial charge < -0.3 is 39.3 Å². The van der Waals surface area contributed by atoms with E-state index < -0.39 is 34.1 Å². The molecule has 7 unspecified atom stereocenters. The Morgan fingerprint density at radius 1 is 0.928 bits per heavy atom. The highest BCUT2D eigenvalue weighted by molar-refractivity contribution is 7.89. The number of fused-ring (bicyclic) bond motifs is 2. The molecule has 69 heavy (non-hydrogen) atoms. The second-order valence-corrected chi connectivity index (χ2v) is 20.4. The number of rotatable bonds is 22. The number of unbranched alkanes of at least 4 members (excludes halogenated alkanes) is 2. The van der Waals surface area contributed by atoms with Gasteiger partial charge in [0.05, 0.1) is 35.8 Å². The molecular formula is C55H67N3O10S. The summed E-state index contributed by atoms with van der Waals surface area (Å²) in [6.45, 7) is 8.26. The van der Waals surface area contributed by atoms with E-state index in [9.17, 15) is 15.0 Å². The molecule has 0 radical (unpaired) electrons. The minimum atomic E-state index is -4.28. The summed E-state index contributed by atoms with van der Waals surface area (Å²) >= 11 is 0. The van der Waals surface area contributed by atoms with Gasteiger partial charge in [0.2, 0.25) is 28.0 Å². The maximum atomic E-state index is 15.3. The van der Waals surface area contributed by atoms with E-state index in [0.29, 0.717) is 60.9 Å². The molecule has 4 aliphatic rings. The van der Waals surface area contributed by atoms with E-state index in [1.807, 2.05) is 61.5 Å². The zero-order valence-corrected chi connectivity index (χ0v) is 40.7. The molecule has 2 aliphatic carbocycles. The molecule has 0 bridgehead atoms. The molecule has 2 aliphatic heterocycles. The number of oxime groups is 1. The lowest BCUT2D eigenvalue weighted by Gasteiger charge is -2.59. The SMILES string of the molecule is C=CCOC12Oc3ccc(Oc4ccc(-c5ccccc5)cc4)cc3C3C(CCCCO)C(CCCCO)C=C(C(=NOC4CCCCO4)CC1N(CCC)S(=O)(=O)c1ccc(NC(C)=O)cc1)C32. The van der Waals surface area contributed by atoms with Crippen molar-refractivity contribution in [2.45, 2.75) is 113 Å². The van der Waals surface area contributed by atoms with E-state index in [1.54, 1.807) is 18.2 Å². The van der Waals surface area contributed by atoms with E-state index in [4.69, 9.17) is 28.9 Å². The van der Waals surface area contributed by atoms with Crippen LogP contribution in [0, 0.1) is 17.8 Å². The number of carbonyl (C=O) groups excluding carboxylic acids is 1. The minimum absolute atomic E-state index is 0.00920. The summed E-state index contributed by atoms with van der Waals surface area (Å²) in [6, 6.07) is 29.3. The van der Waals surface area contributed by atoms with Crippen molar-refractivity contribution in [3.63, 3.8) is 0 Å². The summed E-state index contributed by atoms with van der Waals surface area (Å²) in [5, 5.41) is 27.7. The number of sulfonamides is 1. The Morgan fingerprint density at radius 2 is 1.65 bits per heavy atom. The number of benzene rings is 4. The Bertz CT molecular complexity index is 2530. The molecule has 1 saturated carbocycles. The van der Waals surface area contributed by atoms with E-state index in [2.05, 4.69) is 36.2 Å². The number of allylic oxidation sites excluding steroid dienone is 1. The van der Waals surface area contributed by atoms with Gasteiger partial charge in [-0.25, -0.2) is 8.42 Å². The lowest BCUT2D eigenvalue weighted by atomic mass is 9.55. The van der Waals surface area contributed by atoms with Crippen molar-refractivity contribution in [3.05, 3.63) is 127 Å². The molecule has 2 heterocycles. The highest BCUT2D eigenvalue weighted by Gasteiger charge is 2.66. The number of amides is 1. The molecule has 4 aromatic carbocycles. The Hall–Kier alpha value is -5.35. The third kappa shape index (κ3) is 11.2. The summed E-state index contributed by atoms with van der Waals surface area (Å²) in [5.41, 5.74) is 5.02. The highest BCUT2D eigenvalue weighted by Crippen LogP contribution is 2.62. The number of nitrogens with one attached hydrogen (secondary N) is 1. The predicted molar refractivity (Wildman–Crippen MR) is 267 cm³/mol. The molecule has 2 fully saturated rings. The van der Waals surface area contributed by atoms with E-state index in [0.717, 1.165) is 60.8 Å². The number of hydrogen-bond donors (Lipinski definition) is 3. The Labute approximate surface area is 407 Å². The topological polar surface area (TPSA) is 165 Å². The lowest BCUT2D eigenvalue weighted by Crippen LogP contribution is -2.70. The van der Waals surface area contributed by atoms with Crippen molar-refractivity contribution in [2.24, 2.45) is 22.9 Å². The second kappa shape index (κ2) is 23.0. The second-order valence-electron chi connectivity index (χ2n) is 18.5. The van der Waals surface area contributed by atoms with Gasteiger partial charge in [0.25, 0.3) is 0 Å². The Kier molecular flexibility index (Phi) is 16.7. The number of carbonyl (C=O) groups is 1. The van der Waals surface area contributed by atoms with Gasteiger partial charge in [0.15, 0.2) is 0 Å². The van der Waals surface area contributed by atoms with Crippen molar-refractivity contribution in [2.75, 3.05) is 38.3 Å². The molecule has 0 spiro atoms. The van der Waals surface area contributed by atoms with Crippen LogP contribution in [0.2, 0.25) is 0 Å². The maximum absolute atomic E-state index is 15.3. The van der Waals surface area contributed by atoms with Crippen LogP contribution in [0.3, 0.4) is 0 Å². The van der Waals surface area contributed by atoms with Crippen LogP contribution in [0.15, 0.2) is 131 Å².